The van der Waals surface area contributed by atoms with Gasteiger partial charge in [-0.15, -0.1) is 11.3 Å². The number of benzene rings is 1. The molecule has 1 N–H and O–H groups in total. The molecule has 0 bridgehead atoms. The highest BCUT2D eigenvalue weighted by molar-refractivity contribution is 7.19. The molecule has 1 saturated heterocycles. The van der Waals surface area contributed by atoms with E-state index in [1.807, 2.05) is 36.4 Å². The lowest BCUT2D eigenvalue weighted by Gasteiger charge is -2.33. The number of nitrogens with one attached hydrogen (secondary N) is 1. The molecule has 1 unspecified atom stereocenters. The number of thiazole rings is 1. The van der Waals surface area contributed by atoms with Crippen molar-refractivity contribution in [3.8, 4) is 0 Å². The van der Waals surface area contributed by atoms with Crippen molar-refractivity contribution in [2.24, 2.45) is 0 Å². The molecule has 27 heavy (non-hydrogen) atoms. The van der Waals surface area contributed by atoms with Gasteiger partial charge in [-0.3, -0.25) is 9.69 Å². The van der Waals surface area contributed by atoms with Crippen LogP contribution in [0.1, 0.15) is 36.1 Å². The van der Waals surface area contributed by atoms with Crippen LogP contribution in [0.15, 0.2) is 53.2 Å². The van der Waals surface area contributed by atoms with E-state index in [4.69, 9.17) is 4.42 Å². The Hall–Kier alpha value is -2.44. The molecule has 1 fully saturated rings. The van der Waals surface area contributed by atoms with E-state index in [1.165, 1.54) is 19.3 Å². The quantitative estimate of drug-likeness (QED) is 0.649. The van der Waals surface area contributed by atoms with Crippen LogP contribution in [0.25, 0.3) is 16.3 Å². The number of likely N-dealkylation sites (tertiary alicyclic amines) is 1. The molecule has 5 nitrogen and oxygen atoms in total. The number of para-hydroxylation sites is 1. The first kappa shape index (κ1) is 17.9. The van der Waals surface area contributed by atoms with Crippen LogP contribution in [-0.2, 0) is 4.79 Å². The van der Waals surface area contributed by atoms with Crippen LogP contribution in [0.3, 0.4) is 0 Å². The van der Waals surface area contributed by atoms with Crippen LogP contribution in [0.5, 0.6) is 0 Å². The monoisotopic (exact) mass is 381 g/mol. The number of nitrogens with zero attached hydrogens (tertiary/aromatic N) is 2. The second kappa shape index (κ2) is 8.50. The standard InChI is InChI=1S/C21H23N3O2S/c25-20(10-11-21-23-16-7-2-3-9-19(16)27-21)22-15-17(18-8-6-14-26-18)24-12-4-1-5-13-24/h2-3,6-11,14,17H,1,4-5,12-13,15H2,(H,22,25). The van der Waals surface area contributed by atoms with Crippen molar-refractivity contribution in [1.82, 2.24) is 15.2 Å². The second-order valence-corrected chi connectivity index (χ2v) is 7.79. The number of rotatable bonds is 6. The van der Waals surface area contributed by atoms with Gasteiger partial charge in [0.2, 0.25) is 5.91 Å². The number of hydrogen-bond donors (Lipinski definition) is 1. The minimum Gasteiger partial charge on any atom is -0.468 e. The minimum absolute atomic E-state index is 0.0834. The summed E-state index contributed by atoms with van der Waals surface area (Å²) in [7, 11) is 0. The van der Waals surface area contributed by atoms with Crippen LogP contribution in [0, 0.1) is 0 Å². The normalized spacial score (nSPS) is 16.7. The number of piperidine rings is 1. The summed E-state index contributed by atoms with van der Waals surface area (Å²) in [5, 5.41) is 3.86. The number of hydrogen-bond acceptors (Lipinski definition) is 5. The Labute approximate surface area is 162 Å². The second-order valence-electron chi connectivity index (χ2n) is 6.73. The van der Waals surface area contributed by atoms with Gasteiger partial charge in [-0.1, -0.05) is 18.6 Å². The van der Waals surface area contributed by atoms with E-state index in [0.29, 0.717) is 6.54 Å². The predicted molar refractivity (Wildman–Crippen MR) is 109 cm³/mol. The summed E-state index contributed by atoms with van der Waals surface area (Å²) < 4.78 is 6.75. The van der Waals surface area contributed by atoms with Crippen molar-refractivity contribution in [1.29, 1.82) is 0 Å². The highest BCUT2D eigenvalue weighted by Crippen LogP contribution is 2.25. The number of aromatic nitrogens is 1. The summed E-state index contributed by atoms with van der Waals surface area (Å²) in [4.78, 5) is 19.2. The van der Waals surface area contributed by atoms with E-state index >= 15 is 0 Å². The van der Waals surface area contributed by atoms with E-state index in [2.05, 4.69) is 15.2 Å². The van der Waals surface area contributed by atoms with Crippen molar-refractivity contribution in [2.45, 2.75) is 25.3 Å². The zero-order chi connectivity index (χ0) is 18.5. The van der Waals surface area contributed by atoms with Gasteiger partial charge in [-0.25, -0.2) is 4.98 Å². The summed E-state index contributed by atoms with van der Waals surface area (Å²) in [5.41, 5.74) is 0.963. The Morgan fingerprint density at radius 2 is 2.07 bits per heavy atom. The molecule has 0 radical (unpaired) electrons. The van der Waals surface area contributed by atoms with Gasteiger partial charge in [0.15, 0.2) is 0 Å². The van der Waals surface area contributed by atoms with Gasteiger partial charge in [0.05, 0.1) is 22.5 Å². The zero-order valence-electron chi connectivity index (χ0n) is 15.1. The SMILES string of the molecule is O=C(C=Cc1nc2ccccc2s1)NCC(c1ccco1)N1CCCCC1. The zero-order valence-corrected chi connectivity index (χ0v) is 16.0. The Bertz CT molecular complexity index is 878. The topological polar surface area (TPSA) is 58.4 Å². The summed E-state index contributed by atoms with van der Waals surface area (Å²) >= 11 is 1.58. The molecule has 0 spiro atoms. The number of carbonyl (C=O) groups excluding carboxylic acids is 1. The van der Waals surface area contributed by atoms with Gasteiger partial charge < -0.3 is 9.73 Å². The van der Waals surface area contributed by atoms with Gasteiger partial charge in [-0.2, -0.15) is 0 Å². The summed E-state index contributed by atoms with van der Waals surface area (Å²) in [6.45, 7) is 2.63. The first-order valence-corrected chi connectivity index (χ1v) is 10.2. The number of fused-ring (bicyclic) bond motifs is 1. The average molecular weight is 382 g/mol. The third-order valence-electron chi connectivity index (χ3n) is 4.86. The Morgan fingerprint density at radius 3 is 2.85 bits per heavy atom. The Kier molecular flexibility index (Phi) is 5.65. The van der Waals surface area contributed by atoms with Crippen LogP contribution < -0.4 is 5.32 Å². The lowest BCUT2D eigenvalue weighted by molar-refractivity contribution is -0.116. The highest BCUT2D eigenvalue weighted by atomic mass is 32.1. The third-order valence-corrected chi connectivity index (χ3v) is 5.86. The molecular formula is C21H23N3O2S. The molecule has 6 heteroatoms. The highest BCUT2D eigenvalue weighted by Gasteiger charge is 2.24. The molecule has 3 aromatic rings. The molecule has 4 rings (SSSR count). The number of furan rings is 1. The van der Waals surface area contributed by atoms with Gasteiger partial charge in [0.25, 0.3) is 0 Å². The van der Waals surface area contributed by atoms with E-state index in [1.54, 1.807) is 29.8 Å². The third kappa shape index (κ3) is 4.46. The smallest absolute Gasteiger partial charge is 0.244 e. The van der Waals surface area contributed by atoms with Gasteiger partial charge in [0.1, 0.15) is 10.8 Å². The molecule has 1 aromatic carbocycles. The van der Waals surface area contributed by atoms with Crippen molar-refractivity contribution in [3.63, 3.8) is 0 Å². The van der Waals surface area contributed by atoms with E-state index in [9.17, 15) is 4.79 Å². The molecule has 140 valence electrons. The van der Waals surface area contributed by atoms with Crippen molar-refractivity contribution < 1.29 is 9.21 Å². The summed E-state index contributed by atoms with van der Waals surface area (Å²) in [6.07, 6.45) is 8.71. The van der Waals surface area contributed by atoms with Crippen molar-refractivity contribution >= 4 is 33.5 Å². The van der Waals surface area contributed by atoms with Gasteiger partial charge >= 0.3 is 0 Å². The number of carbonyl (C=O) groups is 1. The molecule has 0 saturated carbocycles. The molecule has 3 heterocycles. The van der Waals surface area contributed by atoms with E-state index < -0.39 is 0 Å². The van der Waals surface area contributed by atoms with Crippen molar-refractivity contribution in [3.05, 3.63) is 59.5 Å². The maximum Gasteiger partial charge on any atom is 0.244 e. The van der Waals surface area contributed by atoms with Crippen LogP contribution >= 0.6 is 11.3 Å². The van der Waals surface area contributed by atoms with Crippen molar-refractivity contribution in [2.75, 3.05) is 19.6 Å². The fourth-order valence-electron chi connectivity index (χ4n) is 3.49. The molecule has 0 aliphatic carbocycles. The molecule has 1 atom stereocenters. The predicted octanol–water partition coefficient (Wildman–Crippen LogP) is 4.25. The fraction of sp³-hybridized carbons (Fsp3) is 0.333. The van der Waals surface area contributed by atoms with Crippen LogP contribution in [0.4, 0.5) is 0 Å². The number of amides is 1. The molecule has 1 amide bonds. The molecular weight excluding hydrogens is 358 g/mol. The molecule has 1 aliphatic heterocycles. The first-order valence-electron chi connectivity index (χ1n) is 9.38. The fourth-order valence-corrected chi connectivity index (χ4v) is 4.36. The van der Waals surface area contributed by atoms with E-state index in [0.717, 1.165) is 34.1 Å². The summed E-state index contributed by atoms with van der Waals surface area (Å²) in [6, 6.07) is 12.0. The lowest BCUT2D eigenvalue weighted by Crippen LogP contribution is -2.40. The lowest BCUT2D eigenvalue weighted by atomic mass is 10.1. The Balaban J connectivity index is 1.38. The summed E-state index contributed by atoms with van der Waals surface area (Å²) in [5.74, 6) is 0.801. The maximum atomic E-state index is 12.3. The van der Waals surface area contributed by atoms with Crippen LogP contribution in [0.2, 0.25) is 0 Å². The Morgan fingerprint density at radius 1 is 1.22 bits per heavy atom. The van der Waals surface area contributed by atoms with Crippen LogP contribution in [-0.4, -0.2) is 35.4 Å². The van der Waals surface area contributed by atoms with E-state index in [-0.39, 0.29) is 11.9 Å². The molecule has 1 aliphatic rings. The average Bonchev–Trinajstić information content (AvgIpc) is 3.37. The first-order chi connectivity index (χ1) is 13.3. The molecule has 2 aromatic heterocycles. The van der Waals surface area contributed by atoms with Gasteiger partial charge in [0, 0.05) is 12.6 Å². The largest absolute Gasteiger partial charge is 0.468 e. The minimum atomic E-state index is -0.108. The van der Waals surface area contributed by atoms with Gasteiger partial charge in [-0.05, 0) is 56.3 Å². The maximum absolute atomic E-state index is 12.3.